The summed E-state index contributed by atoms with van der Waals surface area (Å²) in [7, 11) is 0. The van der Waals surface area contributed by atoms with Crippen LogP contribution in [0.3, 0.4) is 0 Å². The van der Waals surface area contributed by atoms with Gasteiger partial charge < -0.3 is 4.74 Å². The highest BCUT2D eigenvalue weighted by atomic mass is 32.1. The van der Waals surface area contributed by atoms with Crippen molar-refractivity contribution in [2.45, 2.75) is 13.3 Å². The van der Waals surface area contributed by atoms with Crippen LogP contribution in [0.15, 0.2) is 12.1 Å². The number of ether oxygens (including phenoxy) is 1. The van der Waals surface area contributed by atoms with Gasteiger partial charge in [0.05, 0.1) is 16.4 Å². The molecule has 0 bridgehead atoms. The number of nitro groups is 1. The monoisotopic (exact) mass is 239 g/mol. The first-order chi connectivity index (χ1) is 7.63. The molecule has 16 heavy (non-hydrogen) atoms. The predicted octanol–water partition coefficient (Wildman–Crippen LogP) is 1.96. The molecule has 0 unspecified atom stereocenters. The quantitative estimate of drug-likeness (QED) is 0.350. The maximum Gasteiger partial charge on any atom is 0.325 e. The summed E-state index contributed by atoms with van der Waals surface area (Å²) in [6, 6.07) is 2.94. The van der Waals surface area contributed by atoms with Gasteiger partial charge in [0.1, 0.15) is 6.42 Å². The predicted molar refractivity (Wildman–Crippen MR) is 59.1 cm³/mol. The maximum absolute atomic E-state index is 10.9. The SMILES string of the molecule is CCOC(=O)CC#Cc1ccc([N+](=O)[O-])s1. The number of hydrogen-bond acceptors (Lipinski definition) is 5. The molecular weight excluding hydrogens is 230 g/mol. The van der Waals surface area contributed by atoms with Crippen molar-refractivity contribution in [1.29, 1.82) is 0 Å². The highest BCUT2D eigenvalue weighted by Crippen LogP contribution is 2.22. The van der Waals surface area contributed by atoms with E-state index in [-0.39, 0.29) is 17.4 Å². The van der Waals surface area contributed by atoms with Crippen LogP contribution in [0.1, 0.15) is 18.2 Å². The molecule has 5 nitrogen and oxygen atoms in total. The molecule has 0 radical (unpaired) electrons. The van der Waals surface area contributed by atoms with E-state index in [2.05, 4.69) is 16.6 Å². The third-order valence-electron chi connectivity index (χ3n) is 1.52. The van der Waals surface area contributed by atoms with E-state index in [0.29, 0.717) is 11.5 Å². The number of rotatable bonds is 3. The third kappa shape index (κ3) is 3.71. The minimum Gasteiger partial charge on any atom is -0.465 e. The van der Waals surface area contributed by atoms with Crippen LogP contribution < -0.4 is 0 Å². The second kappa shape index (κ2) is 5.88. The molecule has 0 amide bonds. The minimum atomic E-state index is -0.471. The van der Waals surface area contributed by atoms with E-state index in [1.54, 1.807) is 13.0 Å². The van der Waals surface area contributed by atoms with Crippen LogP contribution in [0.2, 0.25) is 0 Å². The zero-order chi connectivity index (χ0) is 12.0. The van der Waals surface area contributed by atoms with Crippen LogP contribution in [0.25, 0.3) is 0 Å². The Balaban J connectivity index is 2.56. The number of carbonyl (C=O) groups excluding carboxylic acids is 1. The fraction of sp³-hybridized carbons (Fsp3) is 0.300. The summed E-state index contributed by atoms with van der Waals surface area (Å²) < 4.78 is 4.68. The van der Waals surface area contributed by atoms with E-state index in [1.807, 2.05) is 0 Å². The van der Waals surface area contributed by atoms with Gasteiger partial charge in [-0.2, -0.15) is 0 Å². The first-order valence-electron chi connectivity index (χ1n) is 4.52. The first-order valence-corrected chi connectivity index (χ1v) is 5.34. The van der Waals surface area contributed by atoms with Crippen molar-refractivity contribution in [3.63, 3.8) is 0 Å². The van der Waals surface area contributed by atoms with Crippen LogP contribution in [0, 0.1) is 22.0 Å². The van der Waals surface area contributed by atoms with Gasteiger partial charge in [-0.1, -0.05) is 23.2 Å². The maximum atomic E-state index is 10.9. The first kappa shape index (κ1) is 12.2. The molecule has 1 aromatic rings. The largest absolute Gasteiger partial charge is 0.465 e. The molecular formula is C10H9NO4S. The molecule has 1 heterocycles. The number of nitrogens with zero attached hydrogens (tertiary/aromatic N) is 1. The summed E-state index contributed by atoms with van der Waals surface area (Å²) in [6.07, 6.45) is -0.000459. The van der Waals surface area contributed by atoms with Crippen LogP contribution in [-0.4, -0.2) is 17.5 Å². The molecule has 0 aromatic carbocycles. The van der Waals surface area contributed by atoms with E-state index in [0.717, 1.165) is 11.3 Å². The summed E-state index contributed by atoms with van der Waals surface area (Å²) in [5.41, 5.74) is 0. The third-order valence-corrected chi connectivity index (χ3v) is 2.47. The Bertz CT molecular complexity index is 455. The molecule has 0 aliphatic rings. The van der Waals surface area contributed by atoms with Gasteiger partial charge in [-0.25, -0.2) is 0 Å². The average Bonchev–Trinajstić information content (AvgIpc) is 2.67. The fourth-order valence-corrected chi connectivity index (χ4v) is 1.60. The van der Waals surface area contributed by atoms with Gasteiger partial charge in [-0.15, -0.1) is 0 Å². The number of thiophene rings is 1. The van der Waals surface area contributed by atoms with Gasteiger partial charge in [0.2, 0.25) is 0 Å². The topological polar surface area (TPSA) is 69.4 Å². The minimum absolute atomic E-state index is 0.000459. The molecule has 0 aliphatic heterocycles. The average molecular weight is 239 g/mol. The van der Waals surface area contributed by atoms with Gasteiger partial charge in [0, 0.05) is 6.07 Å². The second-order valence-corrected chi connectivity index (χ2v) is 3.74. The van der Waals surface area contributed by atoms with Gasteiger partial charge in [0.15, 0.2) is 0 Å². The zero-order valence-corrected chi connectivity index (χ0v) is 9.37. The molecule has 84 valence electrons. The molecule has 1 rings (SSSR count). The molecule has 0 atom stereocenters. The Kier molecular flexibility index (Phi) is 4.48. The standard InChI is InChI=1S/C10H9NO4S/c1-2-15-10(12)5-3-4-8-6-7-9(16-8)11(13)14/h6-7H,2,5H2,1H3. The van der Waals surface area contributed by atoms with Gasteiger partial charge in [-0.05, 0) is 13.0 Å². The van der Waals surface area contributed by atoms with Crippen molar-refractivity contribution in [2.24, 2.45) is 0 Å². The summed E-state index contributed by atoms with van der Waals surface area (Å²) in [5.74, 6) is 4.89. The fourth-order valence-electron chi connectivity index (χ4n) is 0.908. The number of esters is 1. The number of carbonyl (C=O) groups is 1. The van der Waals surface area contributed by atoms with Crippen molar-refractivity contribution in [1.82, 2.24) is 0 Å². The van der Waals surface area contributed by atoms with Crippen LogP contribution in [-0.2, 0) is 9.53 Å². The Labute approximate surface area is 96.2 Å². The Morgan fingerprint density at radius 2 is 2.38 bits per heavy atom. The molecule has 0 N–H and O–H groups in total. The smallest absolute Gasteiger partial charge is 0.325 e. The Morgan fingerprint density at radius 3 is 2.94 bits per heavy atom. The highest BCUT2D eigenvalue weighted by molar-refractivity contribution is 7.15. The molecule has 6 heteroatoms. The summed E-state index contributed by atoms with van der Waals surface area (Å²) in [6.45, 7) is 2.04. The lowest BCUT2D eigenvalue weighted by atomic mass is 10.4. The van der Waals surface area contributed by atoms with Crippen molar-refractivity contribution in [3.05, 3.63) is 27.1 Å². The lowest BCUT2D eigenvalue weighted by Crippen LogP contribution is -2.01. The molecule has 0 fully saturated rings. The molecule has 0 saturated carbocycles. The molecule has 0 aliphatic carbocycles. The zero-order valence-electron chi connectivity index (χ0n) is 8.56. The van der Waals surface area contributed by atoms with E-state index >= 15 is 0 Å². The van der Waals surface area contributed by atoms with Crippen LogP contribution in [0.5, 0.6) is 0 Å². The highest BCUT2D eigenvalue weighted by Gasteiger charge is 2.07. The lowest BCUT2D eigenvalue weighted by molar-refractivity contribution is -0.380. The van der Waals surface area contributed by atoms with Crippen molar-refractivity contribution in [2.75, 3.05) is 6.61 Å². The van der Waals surface area contributed by atoms with Gasteiger partial charge in [0.25, 0.3) is 0 Å². The van der Waals surface area contributed by atoms with E-state index < -0.39 is 4.92 Å². The Morgan fingerprint density at radius 1 is 1.62 bits per heavy atom. The van der Waals surface area contributed by atoms with E-state index in [9.17, 15) is 14.9 Å². The molecule has 0 spiro atoms. The van der Waals surface area contributed by atoms with Crippen LogP contribution >= 0.6 is 11.3 Å². The summed E-state index contributed by atoms with van der Waals surface area (Å²) >= 11 is 0.981. The van der Waals surface area contributed by atoms with Gasteiger partial charge in [-0.3, -0.25) is 14.9 Å². The van der Waals surface area contributed by atoms with E-state index in [4.69, 9.17) is 0 Å². The van der Waals surface area contributed by atoms with Crippen LogP contribution in [0.4, 0.5) is 5.00 Å². The van der Waals surface area contributed by atoms with E-state index in [1.165, 1.54) is 6.07 Å². The van der Waals surface area contributed by atoms with Gasteiger partial charge >= 0.3 is 11.0 Å². The number of hydrogen-bond donors (Lipinski definition) is 0. The second-order valence-electron chi connectivity index (χ2n) is 2.68. The van der Waals surface area contributed by atoms with Crippen molar-refractivity contribution in [3.8, 4) is 11.8 Å². The Hall–Kier alpha value is -1.87. The normalized spacial score (nSPS) is 9.06. The summed E-state index contributed by atoms with van der Waals surface area (Å²) in [5, 5.41) is 10.4. The molecule has 1 aromatic heterocycles. The molecule has 0 saturated heterocycles. The van der Waals surface area contributed by atoms with Crippen molar-refractivity contribution >= 4 is 22.3 Å². The van der Waals surface area contributed by atoms with Crippen molar-refractivity contribution < 1.29 is 14.5 Å². The lowest BCUT2D eigenvalue weighted by Gasteiger charge is -1.94. The summed E-state index contributed by atoms with van der Waals surface area (Å²) in [4.78, 5) is 21.4.